The first-order valence-electron chi connectivity index (χ1n) is 13.2. The van der Waals surface area contributed by atoms with E-state index in [1.807, 2.05) is 42.3 Å². The highest BCUT2D eigenvalue weighted by atomic mass is 16.4. The maximum Gasteiger partial charge on any atom is 0.325 e. The van der Waals surface area contributed by atoms with Crippen LogP contribution in [0.25, 0.3) is 5.70 Å². The number of carboxylic acid groups (broad SMARTS) is 1. The lowest BCUT2D eigenvalue weighted by Crippen LogP contribution is -2.34. The summed E-state index contributed by atoms with van der Waals surface area (Å²) in [7, 11) is 3.96. The summed E-state index contributed by atoms with van der Waals surface area (Å²) in [6.07, 6.45) is 3.93. The number of nitrogens with zero attached hydrogens (tertiary/aromatic N) is 3. The highest BCUT2D eigenvalue weighted by Crippen LogP contribution is 2.27. The number of likely N-dealkylation sites (N-methyl/N-ethyl adjacent to an activating group) is 1. The van der Waals surface area contributed by atoms with Crippen molar-refractivity contribution < 1.29 is 9.90 Å². The predicted octanol–water partition coefficient (Wildman–Crippen LogP) is 6.85. The van der Waals surface area contributed by atoms with Crippen molar-refractivity contribution in [2.75, 3.05) is 25.5 Å². The van der Waals surface area contributed by atoms with Crippen molar-refractivity contribution in [2.24, 2.45) is 10.4 Å². The molecule has 0 saturated heterocycles. The molecule has 198 valence electrons. The van der Waals surface area contributed by atoms with E-state index < -0.39 is 12.0 Å². The van der Waals surface area contributed by atoms with Gasteiger partial charge in [0.25, 0.3) is 0 Å². The Morgan fingerprint density at radius 3 is 2.13 bits per heavy atom. The number of benzene rings is 3. The van der Waals surface area contributed by atoms with Crippen molar-refractivity contribution in [1.82, 2.24) is 4.90 Å². The Hall–Kier alpha value is -3.70. The molecule has 0 fully saturated rings. The lowest BCUT2D eigenvalue weighted by Gasteiger charge is -2.24. The van der Waals surface area contributed by atoms with E-state index in [0.29, 0.717) is 12.0 Å². The van der Waals surface area contributed by atoms with Gasteiger partial charge in [0.1, 0.15) is 6.04 Å². The van der Waals surface area contributed by atoms with E-state index >= 15 is 0 Å². The third-order valence-electron chi connectivity index (χ3n) is 6.81. The highest BCUT2D eigenvalue weighted by molar-refractivity contribution is 5.97. The lowest BCUT2D eigenvalue weighted by molar-refractivity contribution is -0.142. The fourth-order valence-corrected chi connectivity index (χ4v) is 4.99. The number of carbonyl (C=O) groups is 1. The molecule has 0 amide bonds. The SMILES string of the molecule is CN(Cc1ccc(CC(C)(C)C)cc1)c1ccc(C2=CCC(CN(C)C(C(=O)O)c3ccccc3)=N2)cc1. The molecule has 3 aromatic rings. The van der Waals surface area contributed by atoms with Crippen LogP contribution in [0.1, 0.15) is 55.5 Å². The van der Waals surface area contributed by atoms with Gasteiger partial charge >= 0.3 is 5.97 Å². The number of rotatable bonds is 10. The number of hydrogen-bond acceptors (Lipinski definition) is 4. The van der Waals surface area contributed by atoms with E-state index in [9.17, 15) is 9.90 Å². The minimum Gasteiger partial charge on any atom is -0.480 e. The van der Waals surface area contributed by atoms with Gasteiger partial charge in [-0.1, -0.05) is 93.6 Å². The van der Waals surface area contributed by atoms with Gasteiger partial charge in [0, 0.05) is 38.0 Å². The number of carboxylic acids is 1. The summed E-state index contributed by atoms with van der Waals surface area (Å²) in [6.45, 7) is 8.15. The molecule has 5 nitrogen and oxygen atoms in total. The van der Waals surface area contributed by atoms with Gasteiger partial charge in [-0.15, -0.1) is 0 Å². The van der Waals surface area contributed by atoms with E-state index in [1.165, 1.54) is 11.1 Å². The maximum absolute atomic E-state index is 12.0. The Bertz CT molecular complexity index is 1290. The topological polar surface area (TPSA) is 56.1 Å². The monoisotopic (exact) mass is 509 g/mol. The van der Waals surface area contributed by atoms with E-state index in [4.69, 9.17) is 4.99 Å². The summed E-state index contributed by atoms with van der Waals surface area (Å²) in [5.41, 5.74) is 7.88. The Balaban J connectivity index is 1.36. The largest absolute Gasteiger partial charge is 0.480 e. The summed E-state index contributed by atoms with van der Waals surface area (Å²) in [6, 6.07) is 26.1. The molecule has 1 heterocycles. The zero-order chi connectivity index (χ0) is 27.3. The molecule has 0 bridgehead atoms. The van der Waals surface area contributed by atoms with E-state index in [1.54, 1.807) is 0 Å². The van der Waals surface area contributed by atoms with Crippen LogP contribution in [0.3, 0.4) is 0 Å². The van der Waals surface area contributed by atoms with E-state index in [-0.39, 0.29) is 0 Å². The van der Waals surface area contributed by atoms with Gasteiger partial charge in [0.2, 0.25) is 0 Å². The third-order valence-corrected chi connectivity index (χ3v) is 6.81. The molecule has 5 heteroatoms. The molecule has 0 spiro atoms. The van der Waals surface area contributed by atoms with E-state index in [2.05, 4.69) is 87.3 Å². The average Bonchev–Trinajstić information content (AvgIpc) is 3.33. The number of aliphatic imine (C=N–C) groups is 1. The average molecular weight is 510 g/mol. The standard InChI is InChI=1S/C33H39N3O2/c1-33(2,3)21-24-11-13-25(14-12-24)22-35(4)29-18-15-26(16-19-29)30-20-17-28(34-30)23-36(5)31(32(37)38)27-9-7-6-8-10-27/h6-16,18-20,31H,17,21-23H2,1-5H3,(H,37,38). The minimum absolute atomic E-state index is 0.290. The Morgan fingerprint density at radius 1 is 0.895 bits per heavy atom. The summed E-state index contributed by atoms with van der Waals surface area (Å²) in [5, 5.41) is 9.82. The van der Waals surface area contributed by atoms with Gasteiger partial charge in [-0.2, -0.15) is 0 Å². The van der Waals surface area contributed by atoms with Crippen LogP contribution in [0.5, 0.6) is 0 Å². The van der Waals surface area contributed by atoms with Crippen LogP contribution < -0.4 is 4.90 Å². The zero-order valence-corrected chi connectivity index (χ0v) is 23.2. The highest BCUT2D eigenvalue weighted by Gasteiger charge is 2.26. The van der Waals surface area contributed by atoms with Crippen molar-refractivity contribution in [3.8, 4) is 0 Å². The van der Waals surface area contributed by atoms with Gasteiger partial charge < -0.3 is 10.0 Å². The van der Waals surface area contributed by atoms with Crippen LogP contribution in [0.15, 0.2) is 89.9 Å². The first-order chi connectivity index (χ1) is 18.1. The van der Waals surface area contributed by atoms with Crippen LogP contribution in [0.4, 0.5) is 5.69 Å². The normalized spacial score (nSPS) is 14.3. The second kappa shape index (κ2) is 11.8. The van der Waals surface area contributed by atoms with Gasteiger partial charge in [0.15, 0.2) is 0 Å². The molecular formula is C33H39N3O2. The van der Waals surface area contributed by atoms with Crippen molar-refractivity contribution in [2.45, 2.75) is 46.2 Å². The first kappa shape index (κ1) is 27.3. The fraction of sp³-hybridized carbons (Fsp3) is 0.333. The number of allylic oxidation sites excluding steroid dienone is 1. The summed E-state index contributed by atoms with van der Waals surface area (Å²) in [4.78, 5) is 20.9. The molecule has 0 saturated carbocycles. The number of aliphatic carboxylic acids is 1. The predicted molar refractivity (Wildman–Crippen MR) is 158 cm³/mol. The third kappa shape index (κ3) is 7.20. The van der Waals surface area contributed by atoms with Crippen LogP contribution in [0.2, 0.25) is 0 Å². The van der Waals surface area contributed by atoms with Crippen molar-refractivity contribution in [3.05, 3.63) is 107 Å². The van der Waals surface area contributed by atoms with Crippen LogP contribution in [-0.2, 0) is 17.8 Å². The first-order valence-corrected chi connectivity index (χ1v) is 13.2. The molecule has 0 aliphatic carbocycles. The van der Waals surface area contributed by atoms with Gasteiger partial charge in [0.05, 0.1) is 5.70 Å². The smallest absolute Gasteiger partial charge is 0.325 e. The van der Waals surface area contributed by atoms with Gasteiger partial charge in [-0.3, -0.25) is 14.7 Å². The lowest BCUT2D eigenvalue weighted by atomic mass is 9.88. The Morgan fingerprint density at radius 2 is 1.53 bits per heavy atom. The second-order valence-corrected chi connectivity index (χ2v) is 11.5. The fourth-order valence-electron chi connectivity index (χ4n) is 4.99. The maximum atomic E-state index is 12.0. The Labute approximate surface area is 227 Å². The molecular weight excluding hydrogens is 470 g/mol. The van der Waals surface area contributed by atoms with Crippen molar-refractivity contribution >= 4 is 23.1 Å². The molecule has 38 heavy (non-hydrogen) atoms. The molecule has 1 N–H and O–H groups in total. The van der Waals surface area contributed by atoms with E-state index in [0.717, 1.165) is 47.6 Å². The summed E-state index contributed by atoms with van der Waals surface area (Å²) >= 11 is 0. The minimum atomic E-state index is -0.856. The van der Waals surface area contributed by atoms with Gasteiger partial charge in [-0.05, 0) is 53.3 Å². The molecule has 1 atom stereocenters. The quantitative estimate of drug-likeness (QED) is 0.325. The van der Waals surface area contributed by atoms with Crippen molar-refractivity contribution in [1.29, 1.82) is 0 Å². The molecule has 0 radical (unpaired) electrons. The van der Waals surface area contributed by atoms with Crippen LogP contribution in [-0.4, -0.2) is 42.3 Å². The summed E-state index contributed by atoms with van der Waals surface area (Å²) < 4.78 is 0. The van der Waals surface area contributed by atoms with Crippen LogP contribution in [0, 0.1) is 5.41 Å². The van der Waals surface area contributed by atoms with Crippen LogP contribution >= 0.6 is 0 Å². The number of hydrogen-bond donors (Lipinski definition) is 1. The van der Waals surface area contributed by atoms with Crippen molar-refractivity contribution in [3.63, 3.8) is 0 Å². The molecule has 1 unspecified atom stereocenters. The zero-order valence-electron chi connectivity index (χ0n) is 23.2. The summed E-state index contributed by atoms with van der Waals surface area (Å²) in [5.74, 6) is -0.856. The molecule has 4 rings (SSSR count). The Kier molecular flexibility index (Phi) is 8.48. The molecule has 1 aliphatic rings. The number of anilines is 1. The molecule has 3 aromatic carbocycles. The molecule has 0 aromatic heterocycles. The van der Waals surface area contributed by atoms with Gasteiger partial charge in [-0.25, -0.2) is 0 Å². The second-order valence-electron chi connectivity index (χ2n) is 11.5. The molecule has 1 aliphatic heterocycles.